The van der Waals surface area contributed by atoms with E-state index in [-0.39, 0.29) is 11.3 Å². The van der Waals surface area contributed by atoms with Crippen LogP contribution in [0.4, 0.5) is 0 Å². The van der Waals surface area contributed by atoms with Gasteiger partial charge in [0.25, 0.3) is 0 Å². The van der Waals surface area contributed by atoms with Gasteiger partial charge in [-0.25, -0.2) is 0 Å². The quantitative estimate of drug-likeness (QED) is 0.677. The molecule has 0 unspecified atom stereocenters. The van der Waals surface area contributed by atoms with Crippen molar-refractivity contribution in [1.82, 2.24) is 25.6 Å². The van der Waals surface area contributed by atoms with Crippen molar-refractivity contribution >= 4 is 5.91 Å². The molecule has 1 aliphatic heterocycles. The van der Waals surface area contributed by atoms with Crippen LogP contribution >= 0.6 is 0 Å². The van der Waals surface area contributed by atoms with Crippen LogP contribution in [0.2, 0.25) is 0 Å². The molecule has 0 atom stereocenters. The third-order valence-corrected chi connectivity index (χ3v) is 3.78. The second kappa shape index (κ2) is 7.35. The van der Waals surface area contributed by atoms with E-state index in [1.54, 1.807) is 18.0 Å². The number of aromatic nitrogens is 3. The minimum Gasteiger partial charge on any atom is -0.384 e. The Labute approximate surface area is 119 Å². The molecule has 20 heavy (non-hydrogen) atoms. The van der Waals surface area contributed by atoms with Crippen molar-refractivity contribution in [3.63, 3.8) is 0 Å². The molecule has 1 aromatic rings. The Bertz CT molecular complexity index is 395. The lowest BCUT2D eigenvalue weighted by atomic mass is 9.78. The largest absolute Gasteiger partial charge is 0.384 e. The van der Waals surface area contributed by atoms with E-state index in [1.165, 1.54) is 0 Å². The first-order valence-corrected chi connectivity index (χ1v) is 7.09. The molecule has 0 bridgehead atoms. The number of methoxy groups -OCH3 is 1. The highest BCUT2D eigenvalue weighted by Crippen LogP contribution is 2.29. The highest BCUT2D eigenvalue weighted by Gasteiger charge is 2.39. The Morgan fingerprint density at radius 3 is 2.95 bits per heavy atom. The predicted octanol–water partition coefficient (Wildman–Crippen LogP) is -0.199. The van der Waals surface area contributed by atoms with Crippen molar-refractivity contribution in [2.45, 2.75) is 25.8 Å². The van der Waals surface area contributed by atoms with Crippen LogP contribution in [0.3, 0.4) is 0 Å². The summed E-state index contributed by atoms with van der Waals surface area (Å²) < 4.78 is 7.03. The number of hydrogen-bond acceptors (Lipinski definition) is 5. The summed E-state index contributed by atoms with van der Waals surface area (Å²) in [5.74, 6) is 0.111. The maximum atomic E-state index is 12.4. The third-order valence-electron chi connectivity index (χ3n) is 3.78. The average Bonchev–Trinajstić information content (AvgIpc) is 2.98. The van der Waals surface area contributed by atoms with Gasteiger partial charge in [0.15, 0.2) is 0 Å². The SMILES string of the molecule is COCC1(C(=O)NCCCn2ccnn2)CCNCC1. The van der Waals surface area contributed by atoms with E-state index in [4.69, 9.17) is 4.74 Å². The van der Waals surface area contributed by atoms with Crippen LogP contribution in [0.25, 0.3) is 0 Å². The van der Waals surface area contributed by atoms with Gasteiger partial charge >= 0.3 is 0 Å². The summed E-state index contributed by atoms with van der Waals surface area (Å²) in [5, 5.41) is 14.0. The summed E-state index contributed by atoms with van der Waals surface area (Å²) in [6.45, 7) is 3.64. The van der Waals surface area contributed by atoms with Crippen LogP contribution in [-0.2, 0) is 16.1 Å². The van der Waals surface area contributed by atoms with Crippen LogP contribution in [-0.4, -0.2) is 54.3 Å². The first-order chi connectivity index (χ1) is 9.77. The normalized spacial score (nSPS) is 17.9. The molecule has 2 rings (SSSR count). The first-order valence-electron chi connectivity index (χ1n) is 7.09. The van der Waals surface area contributed by atoms with Gasteiger partial charge in [-0.3, -0.25) is 9.48 Å². The Kier molecular flexibility index (Phi) is 5.49. The molecule has 0 aromatic carbocycles. The monoisotopic (exact) mass is 281 g/mol. The smallest absolute Gasteiger partial charge is 0.228 e. The number of amides is 1. The van der Waals surface area contributed by atoms with Gasteiger partial charge in [-0.1, -0.05) is 5.21 Å². The molecule has 112 valence electrons. The van der Waals surface area contributed by atoms with Gasteiger partial charge in [0.1, 0.15) is 0 Å². The van der Waals surface area contributed by atoms with E-state index >= 15 is 0 Å². The number of piperidine rings is 1. The van der Waals surface area contributed by atoms with Crippen molar-refractivity contribution in [1.29, 1.82) is 0 Å². The number of rotatable bonds is 7. The van der Waals surface area contributed by atoms with Crippen molar-refractivity contribution in [2.24, 2.45) is 5.41 Å². The standard InChI is InChI=1S/C13H23N5O2/c1-20-11-13(3-6-14-7-4-13)12(19)15-5-2-9-18-10-8-16-17-18/h8,10,14H,2-7,9,11H2,1H3,(H,15,19). The van der Waals surface area contributed by atoms with E-state index in [2.05, 4.69) is 20.9 Å². The minimum atomic E-state index is -0.368. The fourth-order valence-corrected chi connectivity index (χ4v) is 2.60. The Morgan fingerprint density at radius 1 is 1.50 bits per heavy atom. The van der Waals surface area contributed by atoms with E-state index in [0.717, 1.165) is 38.9 Å². The molecule has 0 radical (unpaired) electrons. The lowest BCUT2D eigenvalue weighted by molar-refractivity contribution is -0.136. The molecule has 7 heteroatoms. The van der Waals surface area contributed by atoms with Gasteiger partial charge in [0.2, 0.25) is 5.91 Å². The highest BCUT2D eigenvalue weighted by molar-refractivity contribution is 5.82. The maximum Gasteiger partial charge on any atom is 0.228 e. The predicted molar refractivity (Wildman–Crippen MR) is 74.1 cm³/mol. The van der Waals surface area contributed by atoms with Gasteiger partial charge in [0, 0.05) is 26.4 Å². The van der Waals surface area contributed by atoms with Gasteiger partial charge in [-0.15, -0.1) is 5.10 Å². The van der Waals surface area contributed by atoms with Crippen LogP contribution in [0.15, 0.2) is 12.4 Å². The van der Waals surface area contributed by atoms with Gasteiger partial charge in [-0.2, -0.15) is 0 Å². The molecular formula is C13H23N5O2. The van der Waals surface area contributed by atoms with E-state index < -0.39 is 0 Å². The molecule has 1 fully saturated rings. The Balaban J connectivity index is 1.76. The zero-order chi connectivity index (χ0) is 14.3. The molecular weight excluding hydrogens is 258 g/mol. The Hall–Kier alpha value is -1.47. The van der Waals surface area contributed by atoms with E-state index in [1.807, 2.05) is 6.20 Å². The van der Waals surface area contributed by atoms with Crippen LogP contribution < -0.4 is 10.6 Å². The van der Waals surface area contributed by atoms with Crippen molar-refractivity contribution < 1.29 is 9.53 Å². The fourth-order valence-electron chi connectivity index (χ4n) is 2.60. The summed E-state index contributed by atoms with van der Waals surface area (Å²) in [6.07, 6.45) is 5.98. The summed E-state index contributed by atoms with van der Waals surface area (Å²) in [5.41, 5.74) is -0.368. The summed E-state index contributed by atoms with van der Waals surface area (Å²) in [4.78, 5) is 12.4. The summed E-state index contributed by atoms with van der Waals surface area (Å²) in [7, 11) is 1.65. The number of aryl methyl sites for hydroxylation is 1. The minimum absolute atomic E-state index is 0.111. The molecule has 0 aliphatic carbocycles. The van der Waals surface area contributed by atoms with E-state index in [0.29, 0.717) is 13.2 Å². The number of carbonyl (C=O) groups is 1. The molecule has 0 spiro atoms. The van der Waals surface area contributed by atoms with Crippen LogP contribution in [0, 0.1) is 5.41 Å². The van der Waals surface area contributed by atoms with Gasteiger partial charge < -0.3 is 15.4 Å². The molecule has 1 amide bonds. The number of nitrogens with one attached hydrogen (secondary N) is 2. The van der Waals surface area contributed by atoms with E-state index in [9.17, 15) is 4.79 Å². The molecule has 7 nitrogen and oxygen atoms in total. The Morgan fingerprint density at radius 2 is 2.30 bits per heavy atom. The van der Waals surface area contributed by atoms with Crippen molar-refractivity contribution in [3.8, 4) is 0 Å². The first kappa shape index (κ1) is 14.9. The molecule has 1 aliphatic rings. The van der Waals surface area contributed by atoms with Gasteiger partial charge in [-0.05, 0) is 32.4 Å². The second-order valence-electron chi connectivity index (χ2n) is 5.24. The number of hydrogen-bond donors (Lipinski definition) is 2. The van der Waals surface area contributed by atoms with Crippen molar-refractivity contribution in [3.05, 3.63) is 12.4 Å². The average molecular weight is 281 g/mol. The lowest BCUT2D eigenvalue weighted by Gasteiger charge is -2.35. The number of nitrogens with zero attached hydrogens (tertiary/aromatic N) is 3. The van der Waals surface area contributed by atoms with Crippen LogP contribution in [0.5, 0.6) is 0 Å². The molecule has 0 saturated carbocycles. The van der Waals surface area contributed by atoms with Crippen molar-refractivity contribution in [2.75, 3.05) is 33.4 Å². The molecule has 2 N–H and O–H groups in total. The summed E-state index contributed by atoms with van der Waals surface area (Å²) >= 11 is 0. The topological polar surface area (TPSA) is 81.1 Å². The van der Waals surface area contributed by atoms with Crippen LogP contribution in [0.1, 0.15) is 19.3 Å². The zero-order valence-corrected chi connectivity index (χ0v) is 12.0. The molecule has 1 saturated heterocycles. The third kappa shape index (κ3) is 3.77. The number of ether oxygens (including phenoxy) is 1. The molecule has 2 heterocycles. The number of carbonyl (C=O) groups excluding carboxylic acids is 1. The lowest BCUT2D eigenvalue weighted by Crippen LogP contribution is -2.50. The second-order valence-corrected chi connectivity index (χ2v) is 5.24. The molecule has 1 aromatic heterocycles. The zero-order valence-electron chi connectivity index (χ0n) is 12.0. The highest BCUT2D eigenvalue weighted by atomic mass is 16.5. The summed E-state index contributed by atoms with van der Waals surface area (Å²) in [6, 6.07) is 0. The van der Waals surface area contributed by atoms with Gasteiger partial charge in [0.05, 0.1) is 18.2 Å². The fraction of sp³-hybridized carbons (Fsp3) is 0.769. The maximum absolute atomic E-state index is 12.4.